The van der Waals surface area contributed by atoms with Gasteiger partial charge in [0.05, 0.1) is 0 Å². The lowest BCUT2D eigenvalue weighted by Crippen LogP contribution is -2.54. The molecule has 2 aliphatic rings. The fourth-order valence-corrected chi connectivity index (χ4v) is 3.75. The normalized spacial score (nSPS) is 24.3. The molecule has 18 heavy (non-hydrogen) atoms. The van der Waals surface area contributed by atoms with Gasteiger partial charge in [-0.3, -0.25) is 4.79 Å². The molecule has 2 rings (SSSR count). The van der Waals surface area contributed by atoms with Gasteiger partial charge >= 0.3 is 5.97 Å². The second-order valence-electron chi connectivity index (χ2n) is 5.59. The first kappa shape index (κ1) is 13.7. The van der Waals surface area contributed by atoms with Crippen molar-refractivity contribution in [2.24, 2.45) is 11.8 Å². The van der Waals surface area contributed by atoms with E-state index in [0.29, 0.717) is 12.3 Å². The Balaban J connectivity index is 1.86. The van der Waals surface area contributed by atoms with Crippen molar-refractivity contribution in [2.45, 2.75) is 44.6 Å². The first-order chi connectivity index (χ1) is 8.52. The van der Waals surface area contributed by atoms with Crippen molar-refractivity contribution in [3.8, 4) is 0 Å². The highest BCUT2D eigenvalue weighted by atomic mass is 32.2. The number of carbonyl (C=O) groups excluding carboxylic acids is 1. The highest BCUT2D eigenvalue weighted by molar-refractivity contribution is 7.99. The molecule has 1 aliphatic heterocycles. The van der Waals surface area contributed by atoms with Crippen LogP contribution >= 0.6 is 11.8 Å². The van der Waals surface area contributed by atoms with E-state index in [-0.39, 0.29) is 11.8 Å². The molecule has 1 atom stereocenters. The Labute approximate surface area is 112 Å². The smallest absolute Gasteiger partial charge is 0.329 e. The summed E-state index contributed by atoms with van der Waals surface area (Å²) >= 11 is 1.93. The predicted molar refractivity (Wildman–Crippen MR) is 71.6 cm³/mol. The summed E-state index contributed by atoms with van der Waals surface area (Å²) in [5, 5.41) is 12.0. The van der Waals surface area contributed by atoms with Crippen molar-refractivity contribution in [1.29, 1.82) is 0 Å². The van der Waals surface area contributed by atoms with Crippen LogP contribution in [0.2, 0.25) is 0 Å². The molecule has 0 aromatic heterocycles. The molecule has 1 saturated carbocycles. The predicted octanol–water partition coefficient (Wildman–Crippen LogP) is 1.89. The number of hydrogen-bond donors (Lipinski definition) is 2. The second kappa shape index (κ2) is 5.51. The molecule has 4 nitrogen and oxygen atoms in total. The lowest BCUT2D eigenvalue weighted by Gasteiger charge is -2.28. The molecule has 1 aliphatic carbocycles. The van der Waals surface area contributed by atoms with Crippen molar-refractivity contribution in [2.75, 3.05) is 11.5 Å². The quantitative estimate of drug-likeness (QED) is 0.801. The van der Waals surface area contributed by atoms with E-state index in [1.54, 1.807) is 6.92 Å². The van der Waals surface area contributed by atoms with Crippen molar-refractivity contribution in [3.05, 3.63) is 0 Å². The summed E-state index contributed by atoms with van der Waals surface area (Å²) in [6.45, 7) is 1.64. The number of carbonyl (C=O) groups is 2. The lowest BCUT2D eigenvalue weighted by molar-refractivity contribution is -0.148. The number of aliphatic carboxylic acids is 1. The van der Waals surface area contributed by atoms with Crippen LogP contribution in [0.25, 0.3) is 0 Å². The van der Waals surface area contributed by atoms with Crippen LogP contribution in [0.1, 0.15) is 39.0 Å². The van der Waals surface area contributed by atoms with Crippen LogP contribution in [0.15, 0.2) is 0 Å². The molecule has 1 heterocycles. The third-order valence-corrected chi connectivity index (χ3v) is 5.10. The average Bonchev–Trinajstić information content (AvgIpc) is 3.13. The molecule has 2 fully saturated rings. The van der Waals surface area contributed by atoms with E-state index in [0.717, 1.165) is 37.2 Å². The molecule has 0 aromatic carbocycles. The lowest BCUT2D eigenvalue weighted by atomic mass is 9.93. The highest BCUT2D eigenvalue weighted by Crippen LogP contribution is 2.40. The molecule has 102 valence electrons. The molecule has 1 saturated heterocycles. The molecule has 1 amide bonds. The topological polar surface area (TPSA) is 66.4 Å². The zero-order chi connectivity index (χ0) is 13.2. The van der Waals surface area contributed by atoms with Crippen molar-refractivity contribution < 1.29 is 14.7 Å². The Morgan fingerprint density at radius 2 is 1.89 bits per heavy atom. The van der Waals surface area contributed by atoms with E-state index in [9.17, 15) is 14.7 Å². The second-order valence-corrected chi connectivity index (χ2v) is 6.81. The van der Waals surface area contributed by atoms with Crippen LogP contribution in [0.3, 0.4) is 0 Å². The van der Waals surface area contributed by atoms with E-state index in [2.05, 4.69) is 5.32 Å². The van der Waals surface area contributed by atoms with Gasteiger partial charge in [-0.05, 0) is 55.9 Å². The first-order valence-corrected chi connectivity index (χ1v) is 7.80. The first-order valence-electron chi connectivity index (χ1n) is 6.64. The van der Waals surface area contributed by atoms with Crippen LogP contribution in [0, 0.1) is 11.8 Å². The maximum atomic E-state index is 12.0. The standard InChI is InChI=1S/C13H21NO3S/c1-13(12(16)17,10-2-3-10)14-11(15)8-9-4-6-18-7-5-9/h9-10H,2-8H2,1H3,(H,14,15)(H,16,17). The summed E-state index contributed by atoms with van der Waals surface area (Å²) in [5.41, 5.74) is -1.06. The van der Waals surface area contributed by atoms with Crippen LogP contribution in [-0.2, 0) is 9.59 Å². The average molecular weight is 271 g/mol. The van der Waals surface area contributed by atoms with Gasteiger partial charge in [0.2, 0.25) is 5.91 Å². The van der Waals surface area contributed by atoms with E-state index < -0.39 is 11.5 Å². The number of thioether (sulfide) groups is 1. The number of amides is 1. The summed E-state index contributed by atoms with van der Waals surface area (Å²) < 4.78 is 0. The molecule has 2 N–H and O–H groups in total. The van der Waals surface area contributed by atoms with E-state index in [1.165, 1.54) is 0 Å². The van der Waals surface area contributed by atoms with Gasteiger partial charge in [-0.25, -0.2) is 4.79 Å². The van der Waals surface area contributed by atoms with Gasteiger partial charge in [-0.15, -0.1) is 0 Å². The minimum absolute atomic E-state index is 0.0938. The zero-order valence-corrected chi connectivity index (χ0v) is 11.6. The Morgan fingerprint density at radius 1 is 1.28 bits per heavy atom. The molecule has 0 aromatic rings. The zero-order valence-electron chi connectivity index (χ0n) is 10.8. The van der Waals surface area contributed by atoms with E-state index >= 15 is 0 Å². The summed E-state index contributed by atoms with van der Waals surface area (Å²) in [5.74, 6) is 1.79. The minimum atomic E-state index is -1.06. The van der Waals surface area contributed by atoms with Gasteiger partial charge in [0, 0.05) is 6.42 Å². The Hall–Kier alpha value is -0.710. The number of carboxylic acid groups (broad SMARTS) is 1. The Morgan fingerprint density at radius 3 is 2.39 bits per heavy atom. The molecular weight excluding hydrogens is 250 g/mol. The van der Waals surface area contributed by atoms with Crippen LogP contribution in [0.5, 0.6) is 0 Å². The number of hydrogen-bond acceptors (Lipinski definition) is 3. The van der Waals surface area contributed by atoms with Gasteiger partial charge in [0.15, 0.2) is 0 Å². The van der Waals surface area contributed by atoms with Gasteiger partial charge in [-0.1, -0.05) is 0 Å². The minimum Gasteiger partial charge on any atom is -0.480 e. The maximum Gasteiger partial charge on any atom is 0.329 e. The van der Waals surface area contributed by atoms with Crippen LogP contribution in [-0.4, -0.2) is 34.0 Å². The molecule has 0 radical (unpaired) electrons. The van der Waals surface area contributed by atoms with Crippen molar-refractivity contribution in [1.82, 2.24) is 5.32 Å². The van der Waals surface area contributed by atoms with Crippen LogP contribution in [0.4, 0.5) is 0 Å². The third kappa shape index (κ3) is 3.19. The largest absolute Gasteiger partial charge is 0.480 e. The number of carboxylic acids is 1. The summed E-state index contributed by atoms with van der Waals surface area (Å²) in [4.78, 5) is 23.3. The molecule has 5 heteroatoms. The maximum absolute atomic E-state index is 12.0. The fourth-order valence-electron chi connectivity index (χ4n) is 2.54. The third-order valence-electron chi connectivity index (χ3n) is 4.05. The Kier molecular flexibility index (Phi) is 4.20. The van der Waals surface area contributed by atoms with E-state index in [1.807, 2.05) is 11.8 Å². The highest BCUT2D eigenvalue weighted by Gasteiger charge is 2.48. The van der Waals surface area contributed by atoms with Crippen molar-refractivity contribution >= 4 is 23.6 Å². The van der Waals surface area contributed by atoms with Crippen LogP contribution < -0.4 is 5.32 Å². The SMILES string of the molecule is CC(NC(=O)CC1CCSCC1)(C(=O)O)C1CC1. The van der Waals surface area contributed by atoms with E-state index in [4.69, 9.17) is 0 Å². The Bertz CT molecular complexity index is 337. The number of nitrogens with one attached hydrogen (secondary N) is 1. The fraction of sp³-hybridized carbons (Fsp3) is 0.846. The molecule has 0 bridgehead atoms. The summed E-state index contributed by atoms with van der Waals surface area (Å²) in [7, 11) is 0. The van der Waals surface area contributed by atoms with Gasteiger partial charge in [0.1, 0.15) is 5.54 Å². The van der Waals surface area contributed by atoms with Gasteiger partial charge in [0.25, 0.3) is 0 Å². The van der Waals surface area contributed by atoms with Crippen molar-refractivity contribution in [3.63, 3.8) is 0 Å². The van der Waals surface area contributed by atoms with Gasteiger partial charge < -0.3 is 10.4 Å². The molecule has 1 unspecified atom stereocenters. The molecular formula is C13H21NO3S. The summed E-state index contributed by atoms with van der Waals surface area (Å²) in [6, 6.07) is 0. The van der Waals surface area contributed by atoms with Gasteiger partial charge in [-0.2, -0.15) is 11.8 Å². The summed E-state index contributed by atoms with van der Waals surface area (Å²) in [6.07, 6.45) is 4.44. The monoisotopic (exact) mass is 271 g/mol. The number of rotatable bonds is 5. The molecule has 0 spiro atoms.